The molecule has 1 fully saturated rings. The molecule has 1 aromatic heterocycles. The molecule has 1 aliphatic carbocycles. The minimum atomic E-state index is -0.109. The number of halogens is 1. The monoisotopic (exact) mass is 257 g/mol. The number of hydrogen-bond acceptors (Lipinski definition) is 4. The lowest BCUT2D eigenvalue weighted by atomic mass is 10.1. The van der Waals surface area contributed by atoms with E-state index in [2.05, 4.69) is 10.3 Å². The quantitative estimate of drug-likeness (QED) is 0.745. The van der Waals surface area contributed by atoms with Gasteiger partial charge < -0.3 is 16.2 Å². The Hall–Kier alpha value is -1.33. The Balaban J connectivity index is 0.00000144. The van der Waals surface area contributed by atoms with Crippen molar-refractivity contribution in [3.05, 3.63) is 18.3 Å². The first kappa shape index (κ1) is 13.7. The maximum atomic E-state index is 11.8. The van der Waals surface area contributed by atoms with Gasteiger partial charge in [-0.1, -0.05) is 0 Å². The Morgan fingerprint density at radius 1 is 1.53 bits per heavy atom. The van der Waals surface area contributed by atoms with Crippen molar-refractivity contribution in [2.24, 2.45) is 11.7 Å². The van der Waals surface area contributed by atoms with Crippen molar-refractivity contribution >= 4 is 24.1 Å². The van der Waals surface area contributed by atoms with Crippen molar-refractivity contribution in [3.63, 3.8) is 0 Å². The maximum Gasteiger partial charge on any atom is 0.228 e. The molecule has 1 saturated carbocycles. The lowest BCUT2D eigenvalue weighted by molar-refractivity contribution is -0.119. The van der Waals surface area contributed by atoms with Gasteiger partial charge in [0.1, 0.15) is 0 Å². The van der Waals surface area contributed by atoms with Gasteiger partial charge in [-0.15, -0.1) is 12.4 Å². The first-order chi connectivity index (χ1) is 7.66. The van der Waals surface area contributed by atoms with E-state index in [1.165, 1.54) is 12.3 Å². The second-order valence-corrected chi connectivity index (χ2v) is 4.13. The molecular weight excluding hydrogens is 242 g/mol. The molecule has 0 bridgehead atoms. The van der Waals surface area contributed by atoms with E-state index in [9.17, 15) is 9.90 Å². The van der Waals surface area contributed by atoms with Gasteiger partial charge in [-0.05, 0) is 31.4 Å². The molecule has 17 heavy (non-hydrogen) atoms. The van der Waals surface area contributed by atoms with Crippen LogP contribution in [-0.2, 0) is 4.79 Å². The summed E-state index contributed by atoms with van der Waals surface area (Å²) in [6.45, 7) is 0. The molecule has 1 heterocycles. The van der Waals surface area contributed by atoms with Crippen LogP contribution in [0.4, 0.5) is 5.82 Å². The highest BCUT2D eigenvalue weighted by Crippen LogP contribution is 2.26. The van der Waals surface area contributed by atoms with E-state index in [0.717, 1.165) is 12.8 Å². The number of nitrogens with one attached hydrogen (secondary N) is 1. The van der Waals surface area contributed by atoms with Crippen molar-refractivity contribution in [1.82, 2.24) is 4.98 Å². The third-order valence-corrected chi connectivity index (χ3v) is 2.87. The van der Waals surface area contributed by atoms with Crippen molar-refractivity contribution in [2.45, 2.75) is 25.3 Å². The lowest BCUT2D eigenvalue weighted by Gasteiger charge is -2.10. The fraction of sp³-hybridized carbons (Fsp3) is 0.455. The molecule has 2 atom stereocenters. The number of rotatable bonds is 2. The van der Waals surface area contributed by atoms with Crippen LogP contribution in [0.3, 0.4) is 0 Å². The summed E-state index contributed by atoms with van der Waals surface area (Å²) >= 11 is 0. The predicted octanol–water partition coefficient (Wildman–Crippen LogP) is 1.27. The third kappa shape index (κ3) is 3.31. The second-order valence-electron chi connectivity index (χ2n) is 4.13. The average Bonchev–Trinajstić information content (AvgIpc) is 2.68. The molecule has 94 valence electrons. The van der Waals surface area contributed by atoms with Gasteiger partial charge in [-0.25, -0.2) is 4.98 Å². The summed E-state index contributed by atoms with van der Waals surface area (Å²) in [6, 6.07) is 3.22. The zero-order chi connectivity index (χ0) is 11.5. The summed E-state index contributed by atoms with van der Waals surface area (Å²) in [5, 5.41) is 12.1. The molecule has 0 spiro atoms. The maximum absolute atomic E-state index is 11.8. The summed E-state index contributed by atoms with van der Waals surface area (Å²) in [5.74, 6) is 0.0319. The first-order valence-corrected chi connectivity index (χ1v) is 5.37. The van der Waals surface area contributed by atoms with Gasteiger partial charge in [0.2, 0.25) is 5.91 Å². The van der Waals surface area contributed by atoms with Crippen LogP contribution in [0.15, 0.2) is 18.3 Å². The van der Waals surface area contributed by atoms with Crippen LogP contribution in [0.1, 0.15) is 19.3 Å². The standard InChI is InChI=1S/C11H15N3O2.ClH/c12-8-4-3-7(6-8)11(16)14-10-9(15)2-1-5-13-10;/h1-2,5,7-8,15H,3-4,6,12H2,(H,13,14,16);1H. The summed E-state index contributed by atoms with van der Waals surface area (Å²) in [7, 11) is 0. The highest BCUT2D eigenvalue weighted by atomic mass is 35.5. The number of aromatic nitrogens is 1. The highest BCUT2D eigenvalue weighted by molar-refractivity contribution is 5.93. The summed E-state index contributed by atoms with van der Waals surface area (Å²) in [4.78, 5) is 15.7. The molecular formula is C11H16ClN3O2. The smallest absolute Gasteiger partial charge is 0.228 e. The highest BCUT2D eigenvalue weighted by Gasteiger charge is 2.28. The van der Waals surface area contributed by atoms with Gasteiger partial charge in [0.05, 0.1) is 0 Å². The van der Waals surface area contributed by atoms with E-state index in [0.29, 0.717) is 6.42 Å². The number of carbonyl (C=O) groups excluding carboxylic acids is 1. The summed E-state index contributed by atoms with van der Waals surface area (Å²) in [5.41, 5.74) is 5.74. The van der Waals surface area contributed by atoms with Crippen molar-refractivity contribution in [1.29, 1.82) is 0 Å². The van der Waals surface area contributed by atoms with E-state index >= 15 is 0 Å². The minimum Gasteiger partial charge on any atom is -0.504 e. The molecule has 1 amide bonds. The Bertz CT molecular complexity index is 400. The normalized spacial score (nSPS) is 22.9. The summed E-state index contributed by atoms with van der Waals surface area (Å²) in [6.07, 6.45) is 3.92. The van der Waals surface area contributed by atoms with E-state index < -0.39 is 0 Å². The molecule has 0 radical (unpaired) electrons. The molecule has 5 nitrogen and oxygen atoms in total. The Morgan fingerprint density at radius 2 is 2.29 bits per heavy atom. The molecule has 0 saturated heterocycles. The van der Waals surface area contributed by atoms with E-state index in [-0.39, 0.29) is 41.8 Å². The SMILES string of the molecule is Cl.NC1CCC(C(=O)Nc2ncccc2O)C1. The predicted molar refractivity (Wildman–Crippen MR) is 67.1 cm³/mol. The molecule has 2 rings (SSSR count). The zero-order valence-electron chi connectivity index (χ0n) is 9.30. The molecule has 6 heteroatoms. The van der Waals surface area contributed by atoms with Crippen LogP contribution in [0.2, 0.25) is 0 Å². The Labute approximate surface area is 106 Å². The molecule has 0 aromatic carbocycles. The van der Waals surface area contributed by atoms with Gasteiger partial charge in [0, 0.05) is 18.2 Å². The van der Waals surface area contributed by atoms with Gasteiger partial charge in [0.15, 0.2) is 11.6 Å². The summed E-state index contributed by atoms with van der Waals surface area (Å²) < 4.78 is 0. The fourth-order valence-corrected chi connectivity index (χ4v) is 1.97. The van der Waals surface area contributed by atoms with Crippen LogP contribution >= 0.6 is 12.4 Å². The van der Waals surface area contributed by atoms with E-state index in [1.807, 2.05) is 0 Å². The van der Waals surface area contributed by atoms with Crippen LogP contribution in [0.5, 0.6) is 5.75 Å². The number of aromatic hydroxyl groups is 1. The van der Waals surface area contributed by atoms with Crippen molar-refractivity contribution in [3.8, 4) is 5.75 Å². The second kappa shape index (κ2) is 5.84. The van der Waals surface area contributed by atoms with Gasteiger partial charge in [0.25, 0.3) is 0 Å². The topological polar surface area (TPSA) is 88.2 Å². The molecule has 1 aliphatic rings. The van der Waals surface area contributed by atoms with Crippen LogP contribution in [-0.4, -0.2) is 22.0 Å². The van der Waals surface area contributed by atoms with Gasteiger partial charge in [-0.3, -0.25) is 4.79 Å². The molecule has 0 aliphatic heterocycles. The molecule has 4 N–H and O–H groups in total. The molecule has 2 unspecified atom stereocenters. The number of nitrogens with zero attached hydrogens (tertiary/aromatic N) is 1. The Kier molecular flexibility index (Phi) is 4.72. The first-order valence-electron chi connectivity index (χ1n) is 5.37. The number of carbonyl (C=O) groups is 1. The Morgan fingerprint density at radius 3 is 2.88 bits per heavy atom. The number of amides is 1. The van der Waals surface area contributed by atoms with Gasteiger partial charge in [-0.2, -0.15) is 0 Å². The van der Waals surface area contributed by atoms with E-state index in [1.54, 1.807) is 6.07 Å². The minimum absolute atomic E-state index is 0. The number of pyridine rings is 1. The third-order valence-electron chi connectivity index (χ3n) is 2.87. The average molecular weight is 258 g/mol. The van der Waals surface area contributed by atoms with Crippen LogP contribution < -0.4 is 11.1 Å². The van der Waals surface area contributed by atoms with Crippen molar-refractivity contribution < 1.29 is 9.90 Å². The number of anilines is 1. The fourth-order valence-electron chi connectivity index (χ4n) is 1.97. The van der Waals surface area contributed by atoms with E-state index in [4.69, 9.17) is 5.73 Å². The lowest BCUT2D eigenvalue weighted by Crippen LogP contribution is -2.23. The zero-order valence-corrected chi connectivity index (χ0v) is 10.1. The van der Waals surface area contributed by atoms with Crippen LogP contribution in [0, 0.1) is 5.92 Å². The largest absolute Gasteiger partial charge is 0.504 e. The van der Waals surface area contributed by atoms with Gasteiger partial charge >= 0.3 is 0 Å². The van der Waals surface area contributed by atoms with Crippen molar-refractivity contribution in [2.75, 3.05) is 5.32 Å². The number of hydrogen-bond donors (Lipinski definition) is 3. The number of nitrogens with two attached hydrogens (primary N) is 1. The molecule has 1 aromatic rings. The van der Waals surface area contributed by atoms with Crippen LogP contribution in [0.25, 0.3) is 0 Å².